The van der Waals surface area contributed by atoms with Crippen LogP contribution in [0.2, 0.25) is 0 Å². The second kappa shape index (κ2) is 3.18. The van der Waals surface area contributed by atoms with E-state index < -0.39 is 0 Å². The van der Waals surface area contributed by atoms with Gasteiger partial charge in [0, 0.05) is 12.6 Å². The van der Waals surface area contributed by atoms with Crippen LogP contribution in [-0.2, 0) is 7.05 Å². The van der Waals surface area contributed by atoms with Crippen molar-refractivity contribution in [2.45, 2.75) is 6.92 Å². The monoisotopic (exact) mass is 188 g/mol. The molecule has 3 heteroatoms. The molecule has 0 atom stereocenters. The molecular formula is C11H12N2O. The predicted octanol–water partition coefficient (Wildman–Crippen LogP) is 2.10. The maximum absolute atomic E-state index is 9.63. The van der Waals surface area contributed by atoms with Crippen molar-refractivity contribution in [1.82, 2.24) is 9.78 Å². The van der Waals surface area contributed by atoms with Crippen molar-refractivity contribution in [2.75, 3.05) is 0 Å². The standard InChI is InChI=1S/C11H12N2O/c1-8-5-3-4-6-9(8)11-10(14)7-13(2)12-11/h3-7,14H,1-2H3. The predicted molar refractivity (Wildman–Crippen MR) is 55.0 cm³/mol. The Morgan fingerprint density at radius 1 is 1.29 bits per heavy atom. The number of rotatable bonds is 1. The third kappa shape index (κ3) is 1.37. The van der Waals surface area contributed by atoms with Gasteiger partial charge in [-0.3, -0.25) is 4.68 Å². The first-order valence-corrected chi connectivity index (χ1v) is 4.47. The highest BCUT2D eigenvalue weighted by atomic mass is 16.3. The first kappa shape index (κ1) is 8.81. The Labute approximate surface area is 82.6 Å². The van der Waals surface area contributed by atoms with Crippen LogP contribution >= 0.6 is 0 Å². The summed E-state index contributed by atoms with van der Waals surface area (Å²) in [5.41, 5.74) is 2.73. The molecule has 0 bridgehead atoms. The van der Waals surface area contributed by atoms with Crippen molar-refractivity contribution in [2.24, 2.45) is 7.05 Å². The van der Waals surface area contributed by atoms with Gasteiger partial charge in [-0.05, 0) is 12.5 Å². The molecule has 0 aliphatic carbocycles. The third-order valence-corrected chi connectivity index (χ3v) is 2.21. The van der Waals surface area contributed by atoms with Crippen molar-refractivity contribution in [1.29, 1.82) is 0 Å². The van der Waals surface area contributed by atoms with Crippen LogP contribution < -0.4 is 0 Å². The molecule has 0 spiro atoms. The van der Waals surface area contributed by atoms with E-state index in [1.54, 1.807) is 17.9 Å². The Balaban J connectivity index is 2.60. The molecule has 0 fully saturated rings. The molecule has 72 valence electrons. The van der Waals surface area contributed by atoms with Gasteiger partial charge >= 0.3 is 0 Å². The third-order valence-electron chi connectivity index (χ3n) is 2.21. The van der Waals surface area contributed by atoms with Gasteiger partial charge in [-0.2, -0.15) is 5.10 Å². The fraction of sp³-hybridized carbons (Fsp3) is 0.182. The highest BCUT2D eigenvalue weighted by Gasteiger charge is 2.09. The molecule has 0 aliphatic rings. The van der Waals surface area contributed by atoms with Crippen LogP contribution in [0.4, 0.5) is 0 Å². The Hall–Kier alpha value is -1.77. The fourth-order valence-corrected chi connectivity index (χ4v) is 1.51. The summed E-state index contributed by atoms with van der Waals surface area (Å²) in [5.74, 6) is 0.224. The molecule has 1 heterocycles. The lowest BCUT2D eigenvalue weighted by molar-refractivity contribution is 0.476. The molecule has 0 aliphatic heterocycles. The molecule has 3 nitrogen and oxygen atoms in total. The van der Waals surface area contributed by atoms with Crippen molar-refractivity contribution in [3.63, 3.8) is 0 Å². The zero-order chi connectivity index (χ0) is 10.1. The summed E-state index contributed by atoms with van der Waals surface area (Å²) in [6, 6.07) is 7.87. The van der Waals surface area contributed by atoms with Gasteiger partial charge in [-0.25, -0.2) is 0 Å². The van der Waals surface area contributed by atoms with Crippen molar-refractivity contribution < 1.29 is 5.11 Å². The topological polar surface area (TPSA) is 38.0 Å². The molecule has 14 heavy (non-hydrogen) atoms. The first-order chi connectivity index (χ1) is 6.68. The van der Waals surface area contributed by atoms with Crippen LogP contribution in [0.15, 0.2) is 30.5 Å². The van der Waals surface area contributed by atoms with Gasteiger partial charge in [0.25, 0.3) is 0 Å². The van der Waals surface area contributed by atoms with Gasteiger partial charge in [0.2, 0.25) is 0 Å². The largest absolute Gasteiger partial charge is 0.504 e. The van der Waals surface area contributed by atoms with E-state index in [0.717, 1.165) is 11.1 Å². The smallest absolute Gasteiger partial charge is 0.161 e. The van der Waals surface area contributed by atoms with Gasteiger partial charge < -0.3 is 5.11 Å². The summed E-state index contributed by atoms with van der Waals surface area (Å²) < 4.78 is 1.61. The number of aromatic hydroxyl groups is 1. The zero-order valence-corrected chi connectivity index (χ0v) is 8.23. The SMILES string of the molecule is Cc1ccccc1-c1nn(C)cc1O. The Morgan fingerprint density at radius 2 is 2.00 bits per heavy atom. The molecule has 0 radical (unpaired) electrons. The molecule has 2 rings (SSSR count). The molecule has 1 aromatic heterocycles. The van der Waals surface area contributed by atoms with Gasteiger partial charge in [0.1, 0.15) is 5.69 Å². The summed E-state index contributed by atoms with van der Waals surface area (Å²) in [6.07, 6.45) is 1.60. The van der Waals surface area contributed by atoms with Crippen LogP contribution in [-0.4, -0.2) is 14.9 Å². The molecular weight excluding hydrogens is 176 g/mol. The van der Waals surface area contributed by atoms with Crippen molar-refractivity contribution >= 4 is 0 Å². The summed E-state index contributed by atoms with van der Waals surface area (Å²) in [6.45, 7) is 2.00. The van der Waals surface area contributed by atoms with E-state index in [2.05, 4.69) is 5.10 Å². The number of hydrogen-bond donors (Lipinski definition) is 1. The van der Waals surface area contributed by atoms with E-state index in [4.69, 9.17) is 0 Å². The summed E-state index contributed by atoms with van der Waals surface area (Å²) in [4.78, 5) is 0. The molecule has 0 saturated carbocycles. The van der Waals surface area contributed by atoms with Gasteiger partial charge in [0.15, 0.2) is 5.75 Å². The van der Waals surface area contributed by atoms with Gasteiger partial charge in [-0.15, -0.1) is 0 Å². The van der Waals surface area contributed by atoms with E-state index in [-0.39, 0.29) is 5.75 Å². The Morgan fingerprint density at radius 3 is 2.57 bits per heavy atom. The van der Waals surface area contributed by atoms with Gasteiger partial charge in [0.05, 0.1) is 6.20 Å². The molecule has 0 unspecified atom stereocenters. The van der Waals surface area contributed by atoms with Crippen LogP contribution in [0, 0.1) is 6.92 Å². The lowest BCUT2D eigenvalue weighted by atomic mass is 10.1. The van der Waals surface area contributed by atoms with Gasteiger partial charge in [-0.1, -0.05) is 24.3 Å². The minimum atomic E-state index is 0.224. The highest BCUT2D eigenvalue weighted by Crippen LogP contribution is 2.28. The molecule has 1 aromatic carbocycles. The summed E-state index contributed by atoms with van der Waals surface area (Å²) in [7, 11) is 1.79. The van der Waals surface area contributed by atoms with E-state index in [1.807, 2.05) is 31.2 Å². The number of hydrogen-bond acceptors (Lipinski definition) is 2. The zero-order valence-electron chi connectivity index (χ0n) is 8.23. The molecule has 2 aromatic rings. The van der Waals surface area contributed by atoms with Crippen LogP contribution in [0.1, 0.15) is 5.56 Å². The lowest BCUT2D eigenvalue weighted by Crippen LogP contribution is -1.89. The number of benzene rings is 1. The van der Waals surface area contributed by atoms with E-state index in [0.29, 0.717) is 5.69 Å². The maximum atomic E-state index is 9.63. The number of aromatic nitrogens is 2. The normalized spacial score (nSPS) is 10.4. The average Bonchev–Trinajstić information content (AvgIpc) is 2.46. The second-order valence-electron chi connectivity index (χ2n) is 3.35. The van der Waals surface area contributed by atoms with Crippen molar-refractivity contribution in [3.05, 3.63) is 36.0 Å². The summed E-state index contributed by atoms with van der Waals surface area (Å²) >= 11 is 0. The molecule has 0 saturated heterocycles. The quantitative estimate of drug-likeness (QED) is 0.744. The van der Waals surface area contributed by atoms with Crippen LogP contribution in [0.25, 0.3) is 11.3 Å². The summed E-state index contributed by atoms with van der Waals surface area (Å²) in [5, 5.41) is 13.8. The molecule has 1 N–H and O–H groups in total. The highest BCUT2D eigenvalue weighted by molar-refractivity contribution is 5.68. The Bertz CT molecular complexity index is 460. The average molecular weight is 188 g/mol. The first-order valence-electron chi connectivity index (χ1n) is 4.47. The number of nitrogens with zero attached hydrogens (tertiary/aromatic N) is 2. The van der Waals surface area contributed by atoms with E-state index in [9.17, 15) is 5.11 Å². The van der Waals surface area contributed by atoms with E-state index in [1.165, 1.54) is 0 Å². The Kier molecular flexibility index (Phi) is 2.00. The minimum Gasteiger partial charge on any atom is -0.504 e. The minimum absolute atomic E-state index is 0.224. The lowest BCUT2D eigenvalue weighted by Gasteiger charge is -2.01. The number of aryl methyl sites for hydroxylation is 2. The fourth-order valence-electron chi connectivity index (χ4n) is 1.51. The molecule has 0 amide bonds. The maximum Gasteiger partial charge on any atom is 0.161 e. The van der Waals surface area contributed by atoms with Crippen molar-refractivity contribution in [3.8, 4) is 17.0 Å². The van der Waals surface area contributed by atoms with Crippen LogP contribution in [0.3, 0.4) is 0 Å². The van der Waals surface area contributed by atoms with E-state index >= 15 is 0 Å². The second-order valence-corrected chi connectivity index (χ2v) is 3.35. The van der Waals surface area contributed by atoms with Crippen LogP contribution in [0.5, 0.6) is 5.75 Å².